The van der Waals surface area contributed by atoms with Crippen LogP contribution in [0.2, 0.25) is 0 Å². The highest BCUT2D eigenvalue weighted by molar-refractivity contribution is 7.44. The quantitative estimate of drug-likeness (QED) is 0.0271. The molecule has 0 bridgehead atoms. The molecule has 1 rings (SSSR count). The number of nitriles is 1. The van der Waals surface area contributed by atoms with Crippen LogP contribution in [0.3, 0.4) is 0 Å². The van der Waals surface area contributed by atoms with Gasteiger partial charge in [0.2, 0.25) is 5.91 Å². The number of nitrogens with one attached hydrogen (secondary N) is 1. The van der Waals surface area contributed by atoms with Gasteiger partial charge in [0.25, 0.3) is 8.53 Å². The lowest BCUT2D eigenvalue weighted by atomic mass is 9.98. The Morgan fingerprint density at radius 3 is 1.60 bits per heavy atom. The van der Waals surface area contributed by atoms with E-state index in [2.05, 4.69) is 43.8 Å². The van der Waals surface area contributed by atoms with Gasteiger partial charge in [-0.1, -0.05) is 83.5 Å². The molecule has 1 fully saturated rings. The van der Waals surface area contributed by atoms with Gasteiger partial charge in [-0.05, 0) is 53.4 Å². The minimum absolute atomic E-state index is 0.144. The van der Waals surface area contributed by atoms with E-state index in [9.17, 15) is 24.0 Å². The number of hydrogen-bond acceptors (Lipinski definition) is 15. The zero-order chi connectivity index (χ0) is 46.1. The summed E-state index contributed by atoms with van der Waals surface area (Å²) in [5.74, 6) is -2.46. The molecule has 0 aromatic rings. The molecule has 1 aliphatic heterocycles. The van der Waals surface area contributed by atoms with Crippen molar-refractivity contribution in [1.82, 2.24) is 9.99 Å². The molecule has 62 heavy (non-hydrogen) atoms. The van der Waals surface area contributed by atoms with Gasteiger partial charge in [-0.25, -0.2) is 4.67 Å². The molecule has 0 aromatic heterocycles. The van der Waals surface area contributed by atoms with E-state index >= 15 is 0 Å². The number of nitrogens with zero attached hydrogens (tertiary/aromatic N) is 2. The van der Waals surface area contributed by atoms with Crippen LogP contribution in [-0.2, 0) is 61.4 Å². The summed E-state index contributed by atoms with van der Waals surface area (Å²) in [4.78, 5) is 59.7. The molecule has 0 aliphatic carbocycles. The van der Waals surface area contributed by atoms with Gasteiger partial charge in [0.1, 0.15) is 12.7 Å². The first-order valence-corrected chi connectivity index (χ1v) is 24.2. The number of unbranched alkanes of at least 4 members (excludes halogenated alkanes) is 15. The average molecular weight is 902 g/mol. The second-order valence-corrected chi connectivity index (χ2v) is 17.9. The Labute approximate surface area is 373 Å². The van der Waals surface area contributed by atoms with Crippen molar-refractivity contribution >= 4 is 38.3 Å². The lowest BCUT2D eigenvalue weighted by molar-refractivity contribution is -0.308. The Balaban J connectivity index is 2.15. The predicted molar refractivity (Wildman–Crippen MR) is 235 cm³/mol. The molecule has 1 amide bonds. The van der Waals surface area contributed by atoms with Crippen molar-refractivity contribution in [2.45, 2.75) is 220 Å². The summed E-state index contributed by atoms with van der Waals surface area (Å²) < 4.78 is 47.7. The van der Waals surface area contributed by atoms with Gasteiger partial charge in [-0.3, -0.25) is 24.0 Å². The second kappa shape index (κ2) is 35.4. The molecule has 1 N–H and O–H groups in total. The number of carbonyl (C=O) groups is 5. The lowest BCUT2D eigenvalue weighted by Crippen LogP contribution is -2.63. The van der Waals surface area contributed by atoms with Crippen molar-refractivity contribution in [3.05, 3.63) is 0 Å². The highest BCUT2D eigenvalue weighted by Crippen LogP contribution is 2.46. The molecule has 16 nitrogen and oxygen atoms in total. The Kier molecular flexibility index (Phi) is 32.6. The molecule has 0 aromatic carbocycles. The van der Waals surface area contributed by atoms with Crippen molar-refractivity contribution in [1.29, 1.82) is 5.26 Å². The van der Waals surface area contributed by atoms with E-state index in [1.54, 1.807) is 0 Å². The molecule has 0 spiro atoms. The minimum Gasteiger partial charge on any atom is -0.463 e. The molecular formula is C45H80N3O13P. The molecule has 0 radical (unpaired) electrons. The second-order valence-electron chi connectivity index (χ2n) is 16.4. The summed E-state index contributed by atoms with van der Waals surface area (Å²) in [5, 5.41) is 11.9. The summed E-state index contributed by atoms with van der Waals surface area (Å²) in [7, 11) is -1.19. The van der Waals surface area contributed by atoms with Crippen LogP contribution in [-0.4, -0.2) is 110 Å². The lowest BCUT2D eigenvalue weighted by Gasteiger charge is -2.44. The van der Waals surface area contributed by atoms with Crippen molar-refractivity contribution in [2.75, 3.05) is 33.0 Å². The molecule has 1 unspecified atom stereocenters. The summed E-state index contributed by atoms with van der Waals surface area (Å²) in [5.41, 5.74) is 0. The third-order valence-electron chi connectivity index (χ3n) is 10.0. The van der Waals surface area contributed by atoms with Crippen LogP contribution in [0, 0.1) is 11.3 Å². The first-order valence-electron chi connectivity index (χ1n) is 23.1. The van der Waals surface area contributed by atoms with Crippen molar-refractivity contribution in [3.8, 4) is 6.07 Å². The Hall–Kier alpha value is -2.93. The zero-order valence-corrected chi connectivity index (χ0v) is 40.1. The summed E-state index contributed by atoms with van der Waals surface area (Å²) in [6.07, 6.45) is 13.3. The van der Waals surface area contributed by atoms with Gasteiger partial charge in [-0.2, -0.15) is 5.26 Å². The normalized spacial score (nSPS) is 19.2. The molecule has 1 heterocycles. The molecule has 1 aliphatic rings. The van der Waals surface area contributed by atoms with Crippen molar-refractivity contribution in [3.63, 3.8) is 0 Å². The highest BCUT2D eigenvalue weighted by atomic mass is 31.2. The molecule has 0 saturated carbocycles. The number of rotatable bonds is 36. The van der Waals surface area contributed by atoms with Crippen LogP contribution >= 0.6 is 8.53 Å². The zero-order valence-electron chi connectivity index (χ0n) is 39.2. The monoisotopic (exact) mass is 902 g/mol. The first-order chi connectivity index (χ1) is 29.7. The third-order valence-corrected chi connectivity index (χ3v) is 12.1. The van der Waals surface area contributed by atoms with E-state index in [1.165, 1.54) is 66.2 Å². The Bertz CT molecular complexity index is 1290. The SMILES string of the molecule is CC(=O)OC[C@H]1O[C@@H](OCCCCCCCCCCCCCCCC(=O)NCCCCCCOP(OCCC#N)N(C(C)C)C(C)C)[C@H](OC(C)=O)[C@@H](OC(C)=O)[C@@H]1OC(C)=O. The number of amides is 1. The van der Waals surface area contributed by atoms with E-state index in [4.69, 9.17) is 42.7 Å². The molecule has 6 atom stereocenters. The van der Waals surface area contributed by atoms with Gasteiger partial charge in [0.05, 0.1) is 25.7 Å². The van der Waals surface area contributed by atoms with Crippen molar-refractivity contribution < 1.29 is 61.4 Å². The van der Waals surface area contributed by atoms with Gasteiger partial charge >= 0.3 is 23.9 Å². The fraction of sp³-hybridized carbons (Fsp3) is 0.867. The minimum atomic E-state index is -1.24. The molecule has 17 heteroatoms. The molecular weight excluding hydrogens is 821 g/mol. The number of ether oxygens (including phenoxy) is 6. The van der Waals surface area contributed by atoms with Gasteiger partial charge in [0.15, 0.2) is 24.6 Å². The van der Waals surface area contributed by atoms with Crippen LogP contribution in [0.15, 0.2) is 0 Å². The first kappa shape index (κ1) is 57.1. The smallest absolute Gasteiger partial charge is 0.303 e. The average Bonchev–Trinajstić information content (AvgIpc) is 3.19. The third kappa shape index (κ3) is 27.3. The number of hydrogen-bond donors (Lipinski definition) is 1. The number of esters is 4. The highest BCUT2D eigenvalue weighted by Gasteiger charge is 2.52. The van der Waals surface area contributed by atoms with Gasteiger partial charge in [-0.15, -0.1) is 0 Å². The number of carbonyl (C=O) groups excluding carboxylic acids is 5. The molecule has 1 saturated heterocycles. The van der Waals surface area contributed by atoms with E-state index in [0.29, 0.717) is 32.6 Å². The van der Waals surface area contributed by atoms with E-state index < -0.39 is 63.1 Å². The summed E-state index contributed by atoms with van der Waals surface area (Å²) in [6.45, 7) is 15.0. The Morgan fingerprint density at radius 1 is 0.613 bits per heavy atom. The van der Waals surface area contributed by atoms with Crippen LogP contribution in [0.1, 0.15) is 177 Å². The van der Waals surface area contributed by atoms with E-state index in [-0.39, 0.29) is 31.2 Å². The van der Waals surface area contributed by atoms with Crippen LogP contribution in [0.5, 0.6) is 0 Å². The Morgan fingerprint density at radius 2 is 1.08 bits per heavy atom. The van der Waals surface area contributed by atoms with Gasteiger partial charge in [0, 0.05) is 59.4 Å². The maximum atomic E-state index is 12.3. The van der Waals surface area contributed by atoms with E-state index in [1.807, 2.05) is 0 Å². The topological polar surface area (TPSA) is 198 Å². The summed E-state index contributed by atoms with van der Waals surface area (Å²) in [6, 6.07) is 2.71. The largest absolute Gasteiger partial charge is 0.463 e. The van der Waals surface area contributed by atoms with E-state index in [0.717, 1.165) is 70.6 Å². The van der Waals surface area contributed by atoms with Crippen LogP contribution < -0.4 is 5.32 Å². The predicted octanol–water partition coefficient (Wildman–Crippen LogP) is 8.52. The van der Waals surface area contributed by atoms with Crippen LogP contribution in [0.25, 0.3) is 0 Å². The maximum absolute atomic E-state index is 12.3. The maximum Gasteiger partial charge on any atom is 0.303 e. The standard InChI is InChI=1S/C45H80N3O13P/c1-34(2)48(35(3)4)62(57-32-26-28-46)56-31-25-21-19-23-29-47-41(53)27-22-18-16-14-12-10-9-11-13-15-17-20-24-30-54-45-44(60-39(8)52)43(59-38(7)51)42(58-37(6)50)40(61-45)33-55-36(5)49/h34-35,40,42-45H,9-27,29-33H2,1-8H3,(H,47,53)/t40-,42-,43+,44-,45-,62?/m1/s1. The van der Waals surface area contributed by atoms with Crippen LogP contribution in [0.4, 0.5) is 0 Å². The molecule has 358 valence electrons. The fourth-order valence-electron chi connectivity index (χ4n) is 7.21. The fourth-order valence-corrected chi connectivity index (χ4v) is 8.84. The van der Waals surface area contributed by atoms with Gasteiger partial charge < -0.3 is 42.8 Å². The van der Waals surface area contributed by atoms with Crippen molar-refractivity contribution in [2.24, 2.45) is 0 Å². The summed E-state index contributed by atoms with van der Waals surface area (Å²) >= 11 is 0.